The summed E-state index contributed by atoms with van der Waals surface area (Å²) in [4.78, 5) is 4.77. The predicted octanol–water partition coefficient (Wildman–Crippen LogP) is 14.7. The van der Waals surface area contributed by atoms with Crippen LogP contribution in [0.3, 0.4) is 0 Å². The monoisotopic (exact) mass is 700 g/mol. The largest absolute Gasteiger partial charge is 0.310 e. The molecule has 0 atom stereocenters. The molecule has 0 aliphatic carbocycles. The van der Waals surface area contributed by atoms with Gasteiger partial charge in [-0.2, -0.15) is 0 Å². The van der Waals surface area contributed by atoms with Crippen LogP contribution in [0.15, 0.2) is 170 Å². The van der Waals surface area contributed by atoms with Crippen molar-refractivity contribution in [3.8, 4) is 0 Å². The fraction of sp³-hybridized carbons (Fsp3) is 0.115. The number of nitrogens with zero attached hydrogens (tertiary/aromatic N) is 2. The first-order chi connectivity index (χ1) is 26.5. The first-order valence-electron chi connectivity index (χ1n) is 19.1. The van der Waals surface area contributed by atoms with Crippen LogP contribution in [-0.4, -0.2) is 0 Å². The van der Waals surface area contributed by atoms with Crippen LogP contribution in [-0.2, 0) is 12.8 Å². The molecule has 0 bridgehead atoms. The minimum Gasteiger partial charge on any atom is -0.310 e. The summed E-state index contributed by atoms with van der Waals surface area (Å²) in [6.07, 6.45) is 10.7. The van der Waals surface area contributed by atoms with Crippen molar-refractivity contribution in [3.05, 3.63) is 214 Å². The lowest BCUT2D eigenvalue weighted by Crippen LogP contribution is -2.13. The minimum absolute atomic E-state index is 0.978. The van der Waals surface area contributed by atoms with Gasteiger partial charge in [0.1, 0.15) is 0 Å². The Kier molecular flexibility index (Phi) is 11.3. The SMILES string of the molecule is CCc1ccccc1N(c1ccc(C=Cc2ccc(C=Cc3ccc(N(c4ccccc4C)c4ccccc4C)cc3)cc2)cc1)c1ccccc1CC. The molecule has 7 aromatic rings. The zero-order valence-electron chi connectivity index (χ0n) is 31.8. The number of hydrogen-bond acceptors (Lipinski definition) is 2. The first-order valence-corrected chi connectivity index (χ1v) is 19.1. The molecule has 7 aromatic carbocycles. The minimum atomic E-state index is 0.978. The summed E-state index contributed by atoms with van der Waals surface area (Å²) < 4.78 is 0. The van der Waals surface area contributed by atoms with E-state index >= 15 is 0 Å². The number of hydrogen-bond donors (Lipinski definition) is 0. The zero-order chi connectivity index (χ0) is 37.3. The second-order valence-electron chi connectivity index (χ2n) is 13.7. The molecule has 0 fully saturated rings. The normalized spacial score (nSPS) is 11.3. The van der Waals surface area contributed by atoms with Crippen molar-refractivity contribution in [3.63, 3.8) is 0 Å². The summed E-state index contributed by atoms with van der Waals surface area (Å²) in [6, 6.07) is 61.1. The third kappa shape index (κ3) is 8.14. The van der Waals surface area contributed by atoms with Gasteiger partial charge < -0.3 is 9.80 Å². The number of rotatable bonds is 12. The van der Waals surface area contributed by atoms with Gasteiger partial charge in [0, 0.05) is 34.1 Å². The zero-order valence-corrected chi connectivity index (χ0v) is 31.8. The summed E-state index contributed by atoms with van der Waals surface area (Å²) in [5.41, 5.74) is 17.0. The summed E-state index contributed by atoms with van der Waals surface area (Å²) in [7, 11) is 0. The fourth-order valence-electron chi connectivity index (χ4n) is 7.07. The molecule has 0 saturated heterocycles. The van der Waals surface area contributed by atoms with E-state index in [1.165, 1.54) is 61.7 Å². The average molecular weight is 701 g/mol. The van der Waals surface area contributed by atoms with Crippen LogP contribution >= 0.6 is 0 Å². The molecule has 266 valence electrons. The number of para-hydroxylation sites is 4. The molecule has 54 heavy (non-hydrogen) atoms. The van der Waals surface area contributed by atoms with Crippen LogP contribution < -0.4 is 9.80 Å². The standard InChI is InChI=1S/C52H48N2/c1-5-45-17-9-13-21-51(45)54(52-22-14-10-18-46(52)6-2)48-37-33-44(34-38-48)30-28-42-25-23-41(24-26-42)27-29-43-31-35-47(36-32-43)53(49-19-11-7-15-39(49)3)50-20-12-8-16-40(50)4/h7-38H,5-6H2,1-4H3. The molecule has 7 rings (SSSR count). The van der Waals surface area contributed by atoms with Crippen molar-refractivity contribution >= 4 is 58.4 Å². The van der Waals surface area contributed by atoms with Crippen LogP contribution in [0.25, 0.3) is 24.3 Å². The van der Waals surface area contributed by atoms with Gasteiger partial charge in [0.2, 0.25) is 0 Å². The Labute approximate surface area is 322 Å². The lowest BCUT2D eigenvalue weighted by molar-refractivity contribution is 1.09. The van der Waals surface area contributed by atoms with Crippen LogP contribution in [0.5, 0.6) is 0 Å². The van der Waals surface area contributed by atoms with E-state index in [4.69, 9.17) is 0 Å². The third-order valence-corrected chi connectivity index (χ3v) is 10.1. The van der Waals surface area contributed by atoms with Gasteiger partial charge in [-0.1, -0.05) is 159 Å². The van der Waals surface area contributed by atoms with E-state index in [0.29, 0.717) is 0 Å². The summed E-state index contributed by atoms with van der Waals surface area (Å²) >= 11 is 0. The highest BCUT2D eigenvalue weighted by atomic mass is 15.2. The van der Waals surface area contributed by atoms with Crippen LogP contribution in [0, 0.1) is 13.8 Å². The summed E-state index contributed by atoms with van der Waals surface area (Å²) in [6.45, 7) is 8.80. The highest BCUT2D eigenvalue weighted by Gasteiger charge is 2.18. The molecular formula is C52H48N2. The molecule has 0 saturated carbocycles. The summed E-state index contributed by atoms with van der Waals surface area (Å²) in [5, 5.41) is 0. The highest BCUT2D eigenvalue weighted by molar-refractivity contribution is 5.83. The van der Waals surface area contributed by atoms with Gasteiger partial charge in [-0.15, -0.1) is 0 Å². The fourth-order valence-corrected chi connectivity index (χ4v) is 7.07. The Morgan fingerprint density at radius 3 is 0.944 bits per heavy atom. The quantitative estimate of drug-likeness (QED) is 0.117. The van der Waals surface area contributed by atoms with Crippen molar-refractivity contribution in [2.24, 2.45) is 0 Å². The molecule has 0 unspecified atom stereocenters. The smallest absolute Gasteiger partial charge is 0.0493 e. The molecule has 0 aliphatic rings. The van der Waals surface area contributed by atoms with Gasteiger partial charge in [0.15, 0.2) is 0 Å². The number of benzene rings is 7. The van der Waals surface area contributed by atoms with E-state index in [-0.39, 0.29) is 0 Å². The van der Waals surface area contributed by atoms with Crippen molar-refractivity contribution in [1.82, 2.24) is 0 Å². The second kappa shape index (κ2) is 17.0. The predicted molar refractivity (Wildman–Crippen MR) is 235 cm³/mol. The molecule has 0 N–H and O–H groups in total. The average Bonchev–Trinajstić information content (AvgIpc) is 3.22. The maximum absolute atomic E-state index is 2.41. The van der Waals surface area contributed by atoms with Gasteiger partial charge >= 0.3 is 0 Å². The maximum Gasteiger partial charge on any atom is 0.0493 e. The van der Waals surface area contributed by atoms with Gasteiger partial charge in [-0.05, 0) is 120 Å². The molecule has 0 amide bonds. The van der Waals surface area contributed by atoms with E-state index in [1.54, 1.807) is 0 Å². The molecular weight excluding hydrogens is 653 g/mol. The topological polar surface area (TPSA) is 6.48 Å². The lowest BCUT2D eigenvalue weighted by atomic mass is 10.0. The molecule has 0 aliphatic heterocycles. The van der Waals surface area contributed by atoms with E-state index in [0.717, 1.165) is 29.8 Å². The van der Waals surface area contributed by atoms with Crippen molar-refractivity contribution in [1.29, 1.82) is 0 Å². The molecule has 0 radical (unpaired) electrons. The van der Waals surface area contributed by atoms with Crippen molar-refractivity contribution in [2.75, 3.05) is 9.80 Å². The molecule has 0 aromatic heterocycles. The third-order valence-electron chi connectivity index (χ3n) is 10.1. The second-order valence-corrected chi connectivity index (χ2v) is 13.7. The Balaban J connectivity index is 1.05. The Morgan fingerprint density at radius 1 is 0.333 bits per heavy atom. The van der Waals surface area contributed by atoms with Crippen LogP contribution in [0.2, 0.25) is 0 Å². The van der Waals surface area contributed by atoms with Crippen LogP contribution in [0.4, 0.5) is 34.1 Å². The van der Waals surface area contributed by atoms with Crippen molar-refractivity contribution < 1.29 is 0 Å². The number of anilines is 6. The first kappa shape index (κ1) is 36.0. The van der Waals surface area contributed by atoms with E-state index in [1.807, 2.05) is 0 Å². The van der Waals surface area contributed by atoms with E-state index < -0.39 is 0 Å². The van der Waals surface area contributed by atoms with Gasteiger partial charge in [-0.3, -0.25) is 0 Å². The molecule has 0 heterocycles. The van der Waals surface area contributed by atoms with Gasteiger partial charge in [0.05, 0.1) is 0 Å². The molecule has 0 spiro atoms. The summed E-state index contributed by atoms with van der Waals surface area (Å²) in [5.74, 6) is 0. The number of aryl methyl sites for hydroxylation is 4. The van der Waals surface area contributed by atoms with Gasteiger partial charge in [-0.25, -0.2) is 0 Å². The Bertz CT molecular complexity index is 2270. The lowest BCUT2D eigenvalue weighted by Gasteiger charge is -2.29. The molecule has 2 nitrogen and oxygen atoms in total. The van der Waals surface area contributed by atoms with E-state index in [9.17, 15) is 0 Å². The van der Waals surface area contributed by atoms with E-state index in [2.05, 4.69) is 232 Å². The van der Waals surface area contributed by atoms with Crippen LogP contribution in [0.1, 0.15) is 58.4 Å². The highest BCUT2D eigenvalue weighted by Crippen LogP contribution is 2.40. The van der Waals surface area contributed by atoms with Crippen molar-refractivity contribution in [2.45, 2.75) is 40.5 Å². The maximum atomic E-state index is 2.41. The molecule has 2 heteroatoms. The Morgan fingerprint density at radius 2 is 0.611 bits per heavy atom. The Hall–Kier alpha value is -6.38. The van der Waals surface area contributed by atoms with Gasteiger partial charge in [0.25, 0.3) is 0 Å².